The standard InChI is InChI=1S/C25H30O8/c1-5-30-19-9-11-20(12-10-19)33-25(2,3)24(28)32-16-6-15-31-21-13-7-18(8-14-23(26)27)17-22(21)29-4/h7-14,17H,5-6,15-16H2,1-4H3,(H,26,27)/b14-8+. The van der Waals surface area contributed by atoms with Gasteiger partial charge >= 0.3 is 11.9 Å². The summed E-state index contributed by atoms with van der Waals surface area (Å²) >= 11 is 0. The Morgan fingerprint density at radius 3 is 2.30 bits per heavy atom. The Balaban J connectivity index is 1.79. The second-order valence-electron chi connectivity index (χ2n) is 7.44. The number of carbonyl (C=O) groups is 2. The van der Waals surface area contributed by atoms with Gasteiger partial charge in [0.05, 0.1) is 26.9 Å². The number of hydrogen-bond donors (Lipinski definition) is 1. The molecule has 0 aliphatic rings. The number of aliphatic carboxylic acids is 1. The van der Waals surface area contributed by atoms with Crippen molar-refractivity contribution >= 4 is 18.0 Å². The molecule has 0 spiro atoms. The molecule has 0 amide bonds. The van der Waals surface area contributed by atoms with Crippen LogP contribution in [-0.2, 0) is 14.3 Å². The number of methoxy groups -OCH3 is 1. The van der Waals surface area contributed by atoms with E-state index in [-0.39, 0.29) is 6.61 Å². The Kier molecular flexibility index (Phi) is 9.60. The van der Waals surface area contributed by atoms with Gasteiger partial charge < -0.3 is 28.8 Å². The van der Waals surface area contributed by atoms with Crippen molar-refractivity contribution in [1.29, 1.82) is 0 Å². The molecule has 0 aliphatic heterocycles. The molecule has 0 atom stereocenters. The summed E-state index contributed by atoms with van der Waals surface area (Å²) in [4.78, 5) is 23.1. The number of hydrogen-bond acceptors (Lipinski definition) is 7. The van der Waals surface area contributed by atoms with Gasteiger partial charge in [0.15, 0.2) is 17.1 Å². The molecule has 0 bridgehead atoms. The normalized spacial score (nSPS) is 11.2. The number of esters is 1. The second-order valence-corrected chi connectivity index (χ2v) is 7.44. The molecule has 2 rings (SSSR count). The predicted molar refractivity (Wildman–Crippen MR) is 123 cm³/mol. The molecule has 8 nitrogen and oxygen atoms in total. The lowest BCUT2D eigenvalue weighted by Crippen LogP contribution is -2.40. The van der Waals surface area contributed by atoms with Crippen LogP contribution in [0.1, 0.15) is 32.8 Å². The SMILES string of the molecule is CCOc1ccc(OC(C)(C)C(=O)OCCCOc2ccc(/C=C/C(=O)O)cc2OC)cc1. The minimum Gasteiger partial charge on any atom is -0.494 e. The number of carboxylic acids is 1. The van der Waals surface area contributed by atoms with Gasteiger partial charge in [-0.15, -0.1) is 0 Å². The Morgan fingerprint density at radius 2 is 1.67 bits per heavy atom. The molecule has 0 saturated heterocycles. The Bertz CT molecular complexity index is 947. The van der Waals surface area contributed by atoms with Crippen LogP contribution in [0.5, 0.6) is 23.0 Å². The average molecular weight is 459 g/mol. The Morgan fingerprint density at radius 1 is 0.970 bits per heavy atom. The summed E-state index contributed by atoms with van der Waals surface area (Å²) in [6.07, 6.45) is 2.98. The minimum absolute atomic E-state index is 0.163. The second kappa shape index (κ2) is 12.4. The smallest absolute Gasteiger partial charge is 0.349 e. The van der Waals surface area contributed by atoms with Crippen molar-refractivity contribution in [3.05, 3.63) is 54.1 Å². The lowest BCUT2D eigenvalue weighted by Gasteiger charge is -2.24. The lowest BCUT2D eigenvalue weighted by molar-refractivity contribution is -0.159. The van der Waals surface area contributed by atoms with Crippen molar-refractivity contribution in [3.8, 4) is 23.0 Å². The summed E-state index contributed by atoms with van der Waals surface area (Å²) < 4.78 is 27.5. The molecule has 0 unspecified atom stereocenters. The monoisotopic (exact) mass is 458 g/mol. The summed E-state index contributed by atoms with van der Waals surface area (Å²) in [7, 11) is 1.50. The zero-order chi connectivity index (χ0) is 24.3. The maximum Gasteiger partial charge on any atom is 0.349 e. The van der Waals surface area contributed by atoms with Crippen LogP contribution in [0.2, 0.25) is 0 Å². The van der Waals surface area contributed by atoms with Gasteiger partial charge in [-0.2, -0.15) is 0 Å². The van der Waals surface area contributed by atoms with Crippen LogP contribution < -0.4 is 18.9 Å². The van der Waals surface area contributed by atoms with E-state index in [9.17, 15) is 9.59 Å². The molecule has 2 aromatic rings. The number of benzene rings is 2. The number of carbonyl (C=O) groups excluding carboxylic acids is 1. The minimum atomic E-state index is -1.16. The van der Waals surface area contributed by atoms with Gasteiger partial charge in [-0.25, -0.2) is 9.59 Å². The third-order valence-electron chi connectivity index (χ3n) is 4.38. The maximum absolute atomic E-state index is 12.4. The van der Waals surface area contributed by atoms with E-state index < -0.39 is 17.5 Å². The van der Waals surface area contributed by atoms with Crippen molar-refractivity contribution in [2.45, 2.75) is 32.8 Å². The van der Waals surface area contributed by atoms with Crippen molar-refractivity contribution < 1.29 is 38.4 Å². The maximum atomic E-state index is 12.4. The largest absolute Gasteiger partial charge is 0.494 e. The van der Waals surface area contributed by atoms with Crippen molar-refractivity contribution in [1.82, 2.24) is 0 Å². The van der Waals surface area contributed by atoms with Gasteiger partial charge in [-0.3, -0.25) is 0 Å². The first-order chi connectivity index (χ1) is 15.7. The van der Waals surface area contributed by atoms with Crippen molar-refractivity contribution in [2.75, 3.05) is 26.9 Å². The molecule has 33 heavy (non-hydrogen) atoms. The highest BCUT2D eigenvalue weighted by Crippen LogP contribution is 2.29. The molecule has 0 fully saturated rings. The first kappa shape index (κ1) is 25.6. The zero-order valence-electron chi connectivity index (χ0n) is 19.3. The Hall–Kier alpha value is -3.68. The van der Waals surface area contributed by atoms with Gasteiger partial charge in [0.2, 0.25) is 0 Å². The summed E-state index contributed by atoms with van der Waals surface area (Å²) in [5.74, 6) is 0.742. The van der Waals surface area contributed by atoms with E-state index in [1.54, 1.807) is 56.3 Å². The molecular formula is C25H30O8. The van der Waals surface area contributed by atoms with Gasteiger partial charge in [0.25, 0.3) is 0 Å². The lowest BCUT2D eigenvalue weighted by atomic mass is 10.1. The molecule has 2 aromatic carbocycles. The Labute approximate surface area is 193 Å². The van der Waals surface area contributed by atoms with Gasteiger partial charge in [0, 0.05) is 12.5 Å². The third-order valence-corrected chi connectivity index (χ3v) is 4.38. The first-order valence-electron chi connectivity index (χ1n) is 10.6. The van der Waals surface area contributed by atoms with Gasteiger partial charge in [-0.05, 0) is 68.8 Å². The number of carboxylic acid groups (broad SMARTS) is 1. The molecule has 0 aliphatic carbocycles. The van der Waals surface area contributed by atoms with E-state index in [1.807, 2.05) is 6.92 Å². The molecule has 178 valence electrons. The van der Waals surface area contributed by atoms with E-state index in [0.717, 1.165) is 11.8 Å². The summed E-state index contributed by atoms with van der Waals surface area (Å²) in [5, 5.41) is 8.72. The summed E-state index contributed by atoms with van der Waals surface area (Å²) in [5.41, 5.74) is -0.485. The van der Waals surface area contributed by atoms with Crippen LogP contribution in [0, 0.1) is 0 Å². The highest BCUT2D eigenvalue weighted by Gasteiger charge is 2.31. The van der Waals surface area contributed by atoms with Crippen molar-refractivity contribution in [3.63, 3.8) is 0 Å². The quantitative estimate of drug-likeness (QED) is 0.268. The summed E-state index contributed by atoms with van der Waals surface area (Å²) in [6.45, 7) is 6.24. The predicted octanol–water partition coefficient (Wildman–Crippen LogP) is 4.36. The van der Waals surface area contributed by atoms with Crippen LogP contribution in [0.15, 0.2) is 48.5 Å². The highest BCUT2D eigenvalue weighted by atomic mass is 16.6. The number of rotatable bonds is 13. The third kappa shape index (κ3) is 8.40. The number of ether oxygens (including phenoxy) is 5. The molecular weight excluding hydrogens is 428 g/mol. The average Bonchev–Trinajstić information content (AvgIpc) is 2.79. The molecule has 1 N–H and O–H groups in total. The van der Waals surface area contributed by atoms with Gasteiger partial charge in [-0.1, -0.05) is 6.07 Å². The molecule has 0 saturated carbocycles. The zero-order valence-corrected chi connectivity index (χ0v) is 19.3. The molecule has 0 aromatic heterocycles. The van der Waals surface area contributed by atoms with E-state index >= 15 is 0 Å². The topological polar surface area (TPSA) is 101 Å². The van der Waals surface area contributed by atoms with E-state index in [4.69, 9.17) is 28.8 Å². The van der Waals surface area contributed by atoms with Crippen molar-refractivity contribution in [2.24, 2.45) is 0 Å². The molecule has 8 heteroatoms. The van der Waals surface area contributed by atoms with E-state index in [2.05, 4.69) is 0 Å². The van der Waals surface area contributed by atoms with Crippen LogP contribution in [0.4, 0.5) is 0 Å². The van der Waals surface area contributed by atoms with E-state index in [1.165, 1.54) is 13.2 Å². The van der Waals surface area contributed by atoms with Crippen LogP contribution in [0.3, 0.4) is 0 Å². The fourth-order valence-corrected chi connectivity index (χ4v) is 2.76. The fraction of sp³-hybridized carbons (Fsp3) is 0.360. The molecule has 0 radical (unpaired) electrons. The van der Waals surface area contributed by atoms with Gasteiger partial charge in [0.1, 0.15) is 11.5 Å². The van der Waals surface area contributed by atoms with Crippen LogP contribution >= 0.6 is 0 Å². The highest BCUT2D eigenvalue weighted by molar-refractivity contribution is 5.85. The van der Waals surface area contributed by atoms with Crippen LogP contribution in [-0.4, -0.2) is 49.6 Å². The van der Waals surface area contributed by atoms with E-state index in [0.29, 0.717) is 42.4 Å². The summed E-state index contributed by atoms with van der Waals surface area (Å²) in [6, 6.07) is 12.1. The fourth-order valence-electron chi connectivity index (χ4n) is 2.76. The van der Waals surface area contributed by atoms with Crippen LogP contribution in [0.25, 0.3) is 6.08 Å². The molecule has 0 heterocycles. The first-order valence-corrected chi connectivity index (χ1v) is 10.6.